The minimum atomic E-state index is -1.00. The van der Waals surface area contributed by atoms with Gasteiger partial charge in [0.15, 0.2) is 0 Å². The zero-order valence-electron chi connectivity index (χ0n) is 13.7. The quantitative estimate of drug-likeness (QED) is 0.905. The summed E-state index contributed by atoms with van der Waals surface area (Å²) in [4.78, 5) is 24.1. The zero-order chi connectivity index (χ0) is 17.3. The molecule has 2 aromatic carbocycles. The van der Waals surface area contributed by atoms with Crippen molar-refractivity contribution in [3.63, 3.8) is 0 Å². The zero-order valence-corrected chi connectivity index (χ0v) is 13.7. The Kier molecular flexibility index (Phi) is 4.09. The second-order valence-corrected chi connectivity index (χ2v) is 6.48. The van der Waals surface area contributed by atoms with Crippen molar-refractivity contribution in [2.24, 2.45) is 0 Å². The van der Waals surface area contributed by atoms with E-state index in [9.17, 15) is 14.0 Å². The predicted octanol–water partition coefficient (Wildman–Crippen LogP) is 3.63. The minimum Gasteiger partial charge on any atom is -0.326 e. The van der Waals surface area contributed by atoms with Gasteiger partial charge in [-0.2, -0.15) is 0 Å². The molecule has 1 aliphatic rings. The van der Waals surface area contributed by atoms with E-state index in [2.05, 4.69) is 10.6 Å². The third-order valence-corrected chi connectivity index (χ3v) is 4.37. The first kappa shape index (κ1) is 16.2. The van der Waals surface area contributed by atoms with Crippen LogP contribution in [0.5, 0.6) is 0 Å². The van der Waals surface area contributed by atoms with Crippen molar-refractivity contribution in [1.29, 1.82) is 0 Å². The molecule has 2 N–H and O–H groups in total. The summed E-state index contributed by atoms with van der Waals surface area (Å²) in [6, 6.07) is 11.7. The first-order valence-electron chi connectivity index (χ1n) is 7.87. The van der Waals surface area contributed by atoms with Gasteiger partial charge in [-0.3, -0.25) is 9.59 Å². The summed E-state index contributed by atoms with van der Waals surface area (Å²) < 4.78 is 14.0. The number of benzene rings is 2. The van der Waals surface area contributed by atoms with E-state index in [1.807, 2.05) is 6.07 Å². The Bertz CT molecular complexity index is 815. The molecule has 5 heteroatoms. The van der Waals surface area contributed by atoms with Crippen LogP contribution in [-0.4, -0.2) is 11.8 Å². The van der Waals surface area contributed by atoms with E-state index in [4.69, 9.17) is 0 Å². The molecule has 0 saturated carbocycles. The molecule has 124 valence electrons. The lowest BCUT2D eigenvalue weighted by Gasteiger charge is -2.25. The van der Waals surface area contributed by atoms with Crippen molar-refractivity contribution in [2.75, 3.05) is 10.6 Å². The molecule has 0 atom stereocenters. The number of nitrogens with one attached hydrogen (secondary N) is 2. The van der Waals surface area contributed by atoms with Gasteiger partial charge in [-0.05, 0) is 50.1 Å². The fourth-order valence-corrected chi connectivity index (χ4v) is 2.84. The maximum atomic E-state index is 14.0. The summed E-state index contributed by atoms with van der Waals surface area (Å²) in [7, 11) is 0. The molecule has 4 nitrogen and oxygen atoms in total. The number of fused-ring (bicyclic) bond motifs is 1. The van der Waals surface area contributed by atoms with Gasteiger partial charge in [0.2, 0.25) is 11.8 Å². The molecule has 0 fully saturated rings. The van der Waals surface area contributed by atoms with E-state index >= 15 is 0 Å². The first-order chi connectivity index (χ1) is 11.4. The number of amides is 2. The highest BCUT2D eigenvalue weighted by Gasteiger charge is 2.32. The van der Waals surface area contributed by atoms with E-state index in [0.29, 0.717) is 24.1 Å². The molecular weight excluding hydrogens is 307 g/mol. The van der Waals surface area contributed by atoms with Gasteiger partial charge in [-0.1, -0.05) is 18.2 Å². The van der Waals surface area contributed by atoms with Crippen LogP contribution < -0.4 is 10.6 Å². The maximum absolute atomic E-state index is 14.0. The molecule has 0 spiro atoms. The molecule has 1 heterocycles. The topological polar surface area (TPSA) is 58.2 Å². The third-order valence-electron chi connectivity index (χ3n) is 4.37. The Labute approximate surface area is 140 Å². The van der Waals surface area contributed by atoms with Crippen LogP contribution in [0.3, 0.4) is 0 Å². The highest BCUT2D eigenvalue weighted by molar-refractivity contribution is 5.99. The van der Waals surface area contributed by atoms with Crippen molar-refractivity contribution in [1.82, 2.24) is 0 Å². The Hall–Kier alpha value is -2.69. The normalized spacial score (nSPS) is 13.9. The molecule has 3 rings (SSSR count). The lowest BCUT2D eigenvalue weighted by Crippen LogP contribution is -2.35. The van der Waals surface area contributed by atoms with Gasteiger partial charge in [-0.15, -0.1) is 0 Å². The SMILES string of the molecule is CC(C)(C(=O)Nc1ccc2c(c1)CCC(=O)N2)c1ccccc1F. The number of carbonyl (C=O) groups is 2. The predicted molar refractivity (Wildman–Crippen MR) is 91.4 cm³/mol. The van der Waals surface area contributed by atoms with Crippen LogP contribution in [0.4, 0.5) is 15.8 Å². The maximum Gasteiger partial charge on any atom is 0.234 e. The van der Waals surface area contributed by atoms with Crippen molar-refractivity contribution in [3.8, 4) is 0 Å². The largest absolute Gasteiger partial charge is 0.326 e. The molecule has 0 aromatic heterocycles. The lowest BCUT2D eigenvalue weighted by molar-refractivity contribution is -0.120. The van der Waals surface area contributed by atoms with Crippen molar-refractivity contribution < 1.29 is 14.0 Å². The van der Waals surface area contributed by atoms with Crippen LogP contribution in [0, 0.1) is 5.82 Å². The van der Waals surface area contributed by atoms with Crippen molar-refractivity contribution >= 4 is 23.2 Å². The number of aryl methyl sites for hydroxylation is 1. The van der Waals surface area contributed by atoms with Gasteiger partial charge in [0.25, 0.3) is 0 Å². The fraction of sp³-hybridized carbons (Fsp3) is 0.263. The lowest BCUT2D eigenvalue weighted by atomic mass is 9.83. The van der Waals surface area contributed by atoms with Crippen molar-refractivity contribution in [2.45, 2.75) is 32.1 Å². The summed E-state index contributed by atoms with van der Waals surface area (Å²) in [6.45, 7) is 3.39. The van der Waals surface area contributed by atoms with Gasteiger partial charge < -0.3 is 10.6 Å². The van der Waals surface area contributed by atoms with Gasteiger partial charge in [-0.25, -0.2) is 4.39 Å². The number of carbonyl (C=O) groups excluding carboxylic acids is 2. The summed E-state index contributed by atoms with van der Waals surface area (Å²) in [5.41, 5.74) is 1.75. The Morgan fingerprint density at radius 3 is 2.67 bits per heavy atom. The smallest absolute Gasteiger partial charge is 0.234 e. The van der Waals surface area contributed by atoms with Gasteiger partial charge in [0.1, 0.15) is 5.82 Å². The molecule has 2 amide bonds. The Morgan fingerprint density at radius 2 is 1.92 bits per heavy atom. The fourth-order valence-electron chi connectivity index (χ4n) is 2.84. The number of anilines is 2. The van der Waals surface area contributed by atoms with Crippen LogP contribution in [0.25, 0.3) is 0 Å². The van der Waals surface area contributed by atoms with E-state index < -0.39 is 11.2 Å². The van der Waals surface area contributed by atoms with Crippen molar-refractivity contribution in [3.05, 3.63) is 59.4 Å². The summed E-state index contributed by atoms with van der Waals surface area (Å²) in [5.74, 6) is -0.682. The number of rotatable bonds is 3. The van der Waals surface area contributed by atoms with Gasteiger partial charge in [0, 0.05) is 23.4 Å². The molecule has 0 saturated heterocycles. The average molecular weight is 326 g/mol. The molecule has 1 aliphatic heterocycles. The van der Waals surface area contributed by atoms with E-state index in [-0.39, 0.29) is 11.8 Å². The third kappa shape index (κ3) is 3.02. The number of hydrogen-bond acceptors (Lipinski definition) is 2. The monoisotopic (exact) mass is 326 g/mol. The van der Waals surface area contributed by atoms with Crippen LogP contribution in [0.15, 0.2) is 42.5 Å². The Morgan fingerprint density at radius 1 is 1.17 bits per heavy atom. The molecule has 0 unspecified atom stereocenters. The van der Waals surface area contributed by atoms with Crippen LogP contribution in [0.1, 0.15) is 31.4 Å². The summed E-state index contributed by atoms with van der Waals surface area (Å²) >= 11 is 0. The molecule has 2 aromatic rings. The highest BCUT2D eigenvalue weighted by atomic mass is 19.1. The minimum absolute atomic E-state index is 0.0000262. The second-order valence-electron chi connectivity index (χ2n) is 6.48. The number of hydrogen-bond donors (Lipinski definition) is 2. The standard InChI is InChI=1S/C19H19FN2O2/c1-19(2,14-5-3-4-6-15(14)20)18(24)21-13-8-9-16-12(11-13)7-10-17(23)22-16/h3-6,8-9,11H,7,10H2,1-2H3,(H,21,24)(H,22,23). The Balaban J connectivity index is 1.82. The highest BCUT2D eigenvalue weighted by Crippen LogP contribution is 2.29. The molecule has 24 heavy (non-hydrogen) atoms. The summed E-state index contributed by atoms with van der Waals surface area (Å²) in [5, 5.41) is 5.65. The van der Waals surface area contributed by atoms with E-state index in [1.54, 1.807) is 44.2 Å². The van der Waals surface area contributed by atoms with Crippen LogP contribution >= 0.6 is 0 Å². The average Bonchev–Trinajstić information content (AvgIpc) is 2.55. The second kappa shape index (κ2) is 6.07. The number of halogens is 1. The van der Waals surface area contributed by atoms with Gasteiger partial charge in [0.05, 0.1) is 5.41 Å². The first-order valence-corrected chi connectivity index (χ1v) is 7.87. The molecule has 0 bridgehead atoms. The summed E-state index contributed by atoms with van der Waals surface area (Å²) in [6.07, 6.45) is 1.08. The molecule has 0 aliphatic carbocycles. The van der Waals surface area contributed by atoms with Crippen LogP contribution in [-0.2, 0) is 21.4 Å². The molecule has 0 radical (unpaired) electrons. The van der Waals surface area contributed by atoms with E-state index in [0.717, 1.165) is 11.3 Å². The molecular formula is C19H19FN2O2. The van der Waals surface area contributed by atoms with E-state index in [1.165, 1.54) is 6.07 Å². The van der Waals surface area contributed by atoms with Gasteiger partial charge >= 0.3 is 0 Å². The van der Waals surface area contributed by atoms with Crippen LogP contribution in [0.2, 0.25) is 0 Å².